The molecule has 5 aliphatic rings. The lowest BCUT2D eigenvalue weighted by Gasteiger charge is -2.65. The van der Waals surface area contributed by atoms with E-state index in [0.29, 0.717) is 6.04 Å². The average molecular weight is 567 g/mol. The van der Waals surface area contributed by atoms with Crippen LogP contribution >= 0.6 is 0 Å². The first-order valence-corrected chi connectivity index (χ1v) is 16.2. The van der Waals surface area contributed by atoms with Gasteiger partial charge in [0.15, 0.2) is 0 Å². The zero-order chi connectivity index (χ0) is 28.8. The molecule has 222 valence electrons. The van der Waals surface area contributed by atoms with Crippen molar-refractivity contribution in [3.05, 3.63) is 94.0 Å². The molecule has 3 atom stereocenters. The normalized spacial score (nSPS) is 25.9. The van der Waals surface area contributed by atoms with E-state index >= 15 is 0 Å². The molecule has 0 saturated carbocycles. The van der Waals surface area contributed by atoms with Gasteiger partial charge in [0, 0.05) is 67.9 Å². The van der Waals surface area contributed by atoms with Crippen molar-refractivity contribution in [3.8, 4) is 11.5 Å². The molecular weight excluding hydrogens is 520 g/mol. The van der Waals surface area contributed by atoms with E-state index in [9.17, 15) is 0 Å². The molecule has 2 bridgehead atoms. The fourth-order valence-electron chi connectivity index (χ4n) is 7.66. The molecule has 3 aromatic rings. The van der Waals surface area contributed by atoms with Gasteiger partial charge in [-0.05, 0) is 55.5 Å². The van der Waals surface area contributed by atoms with Crippen LogP contribution in [0.4, 0.5) is 0 Å². The summed E-state index contributed by atoms with van der Waals surface area (Å²) >= 11 is 0. The van der Waals surface area contributed by atoms with Gasteiger partial charge in [0.25, 0.3) is 0 Å². The molecule has 0 aromatic heterocycles. The molecular formula is C36H46N4O2. The van der Waals surface area contributed by atoms with Crippen molar-refractivity contribution in [2.24, 2.45) is 0 Å². The van der Waals surface area contributed by atoms with Crippen molar-refractivity contribution in [1.82, 2.24) is 20.0 Å². The Morgan fingerprint density at radius 2 is 1.43 bits per heavy atom. The minimum absolute atomic E-state index is 0.0817. The second-order valence-corrected chi connectivity index (χ2v) is 12.7. The summed E-state index contributed by atoms with van der Waals surface area (Å²) < 4.78 is 13.8. The molecule has 5 aliphatic heterocycles. The van der Waals surface area contributed by atoms with E-state index in [1.54, 1.807) is 0 Å². The van der Waals surface area contributed by atoms with Gasteiger partial charge in [-0.25, -0.2) is 9.80 Å². The smallest absolute Gasteiger partial charge is 0.245 e. The molecule has 0 aliphatic carbocycles. The van der Waals surface area contributed by atoms with E-state index in [-0.39, 0.29) is 12.1 Å². The van der Waals surface area contributed by atoms with Crippen LogP contribution < -0.4 is 10.1 Å². The highest BCUT2D eigenvalue weighted by Gasteiger charge is 2.59. The summed E-state index contributed by atoms with van der Waals surface area (Å²) in [5.41, 5.74) is 7.72. The fourth-order valence-corrected chi connectivity index (χ4v) is 7.66. The van der Waals surface area contributed by atoms with Crippen LogP contribution in [-0.4, -0.2) is 66.0 Å². The number of nitrogens with one attached hydrogen (secondary N) is 1. The predicted octanol–water partition coefficient (Wildman–Crippen LogP) is 6.45. The largest absolute Gasteiger partial charge is 0.457 e. The van der Waals surface area contributed by atoms with Crippen LogP contribution in [0.1, 0.15) is 86.1 Å². The molecule has 5 heterocycles. The van der Waals surface area contributed by atoms with E-state index in [1.807, 2.05) is 0 Å². The lowest BCUT2D eigenvalue weighted by atomic mass is 9.79. The van der Waals surface area contributed by atoms with Gasteiger partial charge in [-0.3, -0.25) is 10.2 Å². The third-order valence-electron chi connectivity index (χ3n) is 9.71. The highest BCUT2D eigenvalue weighted by atomic mass is 16.6. The zero-order valence-electron chi connectivity index (χ0n) is 25.7. The molecule has 6 heteroatoms. The minimum atomic E-state index is -0.548. The topological polar surface area (TPSA) is 40.2 Å². The summed E-state index contributed by atoms with van der Waals surface area (Å²) in [7, 11) is 0. The molecule has 4 saturated heterocycles. The van der Waals surface area contributed by atoms with E-state index in [1.165, 1.54) is 33.4 Å². The number of aryl methyl sites for hydroxylation is 2. The molecule has 0 amide bonds. The maximum atomic E-state index is 7.09. The van der Waals surface area contributed by atoms with Crippen LogP contribution in [0.5, 0.6) is 11.5 Å². The van der Waals surface area contributed by atoms with Crippen molar-refractivity contribution >= 4 is 0 Å². The summed E-state index contributed by atoms with van der Waals surface area (Å²) in [6, 6.07) is 23.1. The van der Waals surface area contributed by atoms with Crippen molar-refractivity contribution in [2.45, 2.75) is 77.5 Å². The number of rotatable bonds is 7. The Balaban J connectivity index is 1.32. The molecule has 4 fully saturated rings. The highest BCUT2D eigenvalue weighted by Crippen LogP contribution is 2.52. The Kier molecular flexibility index (Phi) is 7.61. The summed E-state index contributed by atoms with van der Waals surface area (Å²) in [6.45, 7) is 15.2. The number of fused-ring (bicyclic) bond motifs is 7. The minimum Gasteiger partial charge on any atom is -0.457 e. The van der Waals surface area contributed by atoms with Gasteiger partial charge in [-0.15, -0.1) is 0 Å². The van der Waals surface area contributed by atoms with E-state index < -0.39 is 5.97 Å². The average Bonchev–Trinajstić information content (AvgIpc) is 2.95. The number of nitrogens with zero attached hydrogens (tertiary/aromatic N) is 3. The molecule has 1 spiro atoms. The highest BCUT2D eigenvalue weighted by molar-refractivity contribution is 5.61. The molecule has 42 heavy (non-hydrogen) atoms. The van der Waals surface area contributed by atoms with Crippen molar-refractivity contribution in [2.75, 3.05) is 39.3 Å². The molecule has 1 N–H and O–H groups in total. The number of benzene rings is 3. The summed E-state index contributed by atoms with van der Waals surface area (Å²) in [4.78, 5) is 7.69. The first-order valence-electron chi connectivity index (χ1n) is 16.2. The Bertz CT molecular complexity index is 1380. The van der Waals surface area contributed by atoms with Gasteiger partial charge in [0.05, 0.1) is 0 Å². The van der Waals surface area contributed by atoms with E-state index in [2.05, 4.69) is 108 Å². The van der Waals surface area contributed by atoms with Crippen LogP contribution in [-0.2, 0) is 17.6 Å². The number of hydrogen-bond acceptors (Lipinski definition) is 6. The van der Waals surface area contributed by atoms with Crippen molar-refractivity contribution < 1.29 is 9.47 Å². The van der Waals surface area contributed by atoms with Crippen LogP contribution in [0.15, 0.2) is 60.7 Å². The summed E-state index contributed by atoms with van der Waals surface area (Å²) in [5.74, 6) is 1.52. The third-order valence-corrected chi connectivity index (χ3v) is 9.71. The van der Waals surface area contributed by atoms with Gasteiger partial charge in [0.2, 0.25) is 5.97 Å². The first kappa shape index (κ1) is 28.1. The third kappa shape index (κ3) is 4.68. The van der Waals surface area contributed by atoms with E-state index in [0.717, 1.165) is 76.5 Å². The van der Waals surface area contributed by atoms with Crippen molar-refractivity contribution in [3.63, 3.8) is 0 Å². The van der Waals surface area contributed by atoms with Crippen LogP contribution in [0.3, 0.4) is 0 Å². The standard InChI is InChI=1S/C36H46N4O2/c1-5-9-26-13-15-30-32(23-26)41-33-24-27(10-6-2)14-16-31(33)34(30)28-11-7-8-12-29(28)35-40-22-20-38-18-17-37-36(40,42-35)39(21-19-38)25(3)4/h7-8,11-16,23-25,34-35,37H,5-6,9-10,17-22H2,1-4H3/t35?,36-/m0/s1. The quantitative estimate of drug-likeness (QED) is 0.277. The van der Waals surface area contributed by atoms with Crippen molar-refractivity contribution in [1.29, 1.82) is 0 Å². The zero-order valence-corrected chi connectivity index (χ0v) is 25.7. The number of hydrogen-bond donors (Lipinski definition) is 1. The first-order chi connectivity index (χ1) is 20.5. The lowest BCUT2D eigenvalue weighted by Crippen LogP contribution is -2.82. The Hall–Kier alpha value is -2.74. The van der Waals surface area contributed by atoms with Gasteiger partial charge < -0.3 is 9.47 Å². The summed E-state index contributed by atoms with van der Waals surface area (Å²) in [6.07, 6.45) is 4.25. The second kappa shape index (κ2) is 11.4. The maximum absolute atomic E-state index is 7.09. The van der Waals surface area contributed by atoms with Crippen LogP contribution in [0.25, 0.3) is 0 Å². The van der Waals surface area contributed by atoms with Gasteiger partial charge in [-0.2, -0.15) is 0 Å². The molecule has 3 aromatic carbocycles. The van der Waals surface area contributed by atoms with Gasteiger partial charge >= 0.3 is 0 Å². The van der Waals surface area contributed by atoms with Gasteiger partial charge in [-0.1, -0.05) is 75.2 Å². The molecule has 8 rings (SSSR count). The van der Waals surface area contributed by atoms with E-state index in [4.69, 9.17) is 9.47 Å². The lowest BCUT2D eigenvalue weighted by molar-refractivity contribution is -0.441. The predicted molar refractivity (Wildman–Crippen MR) is 168 cm³/mol. The van der Waals surface area contributed by atoms with Crippen LogP contribution in [0.2, 0.25) is 0 Å². The monoisotopic (exact) mass is 566 g/mol. The Morgan fingerprint density at radius 1 is 0.786 bits per heavy atom. The molecule has 6 nitrogen and oxygen atoms in total. The number of ether oxygens (including phenoxy) is 2. The fraction of sp³-hybridized carbons (Fsp3) is 0.500. The maximum Gasteiger partial charge on any atom is 0.245 e. The SMILES string of the molecule is CCCc1ccc2c(c1)Oc1cc(CCC)ccc1C2c1ccccc1C1O[C@@]23NCCN(CCN2C(C)C)CCN13. The van der Waals surface area contributed by atoms with Crippen LogP contribution in [0, 0.1) is 0 Å². The Labute approximate surface area is 251 Å². The second-order valence-electron chi connectivity index (χ2n) is 12.7. The molecule has 0 radical (unpaired) electrons. The summed E-state index contributed by atoms with van der Waals surface area (Å²) in [5, 5.41) is 3.83. The van der Waals surface area contributed by atoms with Gasteiger partial charge in [0.1, 0.15) is 17.7 Å². The molecule has 2 unspecified atom stereocenters. The Morgan fingerprint density at radius 3 is 2.07 bits per heavy atom.